The zero-order chi connectivity index (χ0) is 17.5. The van der Waals surface area contributed by atoms with Gasteiger partial charge in [0.1, 0.15) is 0 Å². The van der Waals surface area contributed by atoms with Gasteiger partial charge in [-0.2, -0.15) is 0 Å². The van der Waals surface area contributed by atoms with Crippen molar-refractivity contribution in [1.29, 1.82) is 0 Å². The van der Waals surface area contributed by atoms with Gasteiger partial charge in [-0.3, -0.25) is 9.59 Å². The van der Waals surface area contributed by atoms with Crippen LogP contribution in [0.25, 0.3) is 0 Å². The number of carbonyl (C=O) groups excluding carboxylic acids is 2. The number of aryl methyl sites for hydroxylation is 2. The van der Waals surface area contributed by atoms with Crippen LogP contribution in [-0.4, -0.2) is 23.5 Å². The van der Waals surface area contributed by atoms with Crippen molar-refractivity contribution in [1.82, 2.24) is 5.32 Å². The van der Waals surface area contributed by atoms with Gasteiger partial charge in [0, 0.05) is 12.2 Å². The van der Waals surface area contributed by atoms with Gasteiger partial charge in [0.2, 0.25) is 0 Å². The van der Waals surface area contributed by atoms with Crippen molar-refractivity contribution in [3.63, 3.8) is 0 Å². The Balaban J connectivity index is 1.90. The van der Waals surface area contributed by atoms with Crippen molar-refractivity contribution in [2.45, 2.75) is 26.4 Å². The maximum atomic E-state index is 11.9. The fourth-order valence-electron chi connectivity index (χ4n) is 2.40. The predicted octanol–water partition coefficient (Wildman–Crippen LogP) is 2.35. The second-order valence-corrected chi connectivity index (χ2v) is 5.59. The lowest BCUT2D eigenvalue weighted by Gasteiger charge is -2.14. The second-order valence-electron chi connectivity index (χ2n) is 5.59. The highest BCUT2D eigenvalue weighted by molar-refractivity contribution is 6.39. The number of anilines is 1. The first-order valence-corrected chi connectivity index (χ1v) is 7.93. The van der Waals surface area contributed by atoms with Crippen LogP contribution >= 0.6 is 0 Å². The maximum absolute atomic E-state index is 11.9. The molecule has 1 atom stereocenters. The number of benzene rings is 2. The first kappa shape index (κ1) is 17.7. The molecule has 0 saturated carbocycles. The summed E-state index contributed by atoms with van der Waals surface area (Å²) in [5.41, 5.74) is 3.31. The molecule has 0 saturated heterocycles. The van der Waals surface area contributed by atoms with E-state index in [4.69, 9.17) is 0 Å². The number of hydrogen-bond donors (Lipinski definition) is 3. The molecule has 2 aromatic rings. The lowest BCUT2D eigenvalue weighted by Crippen LogP contribution is -2.37. The quantitative estimate of drug-likeness (QED) is 0.738. The number of nitrogens with one attached hydrogen (secondary N) is 2. The molecule has 2 amide bonds. The highest BCUT2D eigenvalue weighted by atomic mass is 16.3. The first-order chi connectivity index (χ1) is 11.5. The molecule has 0 spiro atoms. The molecule has 0 bridgehead atoms. The molecule has 0 aromatic heterocycles. The Hall–Kier alpha value is -2.66. The molecule has 0 fully saturated rings. The highest BCUT2D eigenvalue weighted by Gasteiger charge is 2.16. The van der Waals surface area contributed by atoms with E-state index in [2.05, 4.69) is 10.6 Å². The molecule has 126 valence electrons. The summed E-state index contributed by atoms with van der Waals surface area (Å²) in [5.74, 6) is -1.52. The Kier molecular flexibility index (Phi) is 6.09. The Morgan fingerprint density at radius 3 is 2.54 bits per heavy atom. The molecule has 5 nitrogen and oxygen atoms in total. The van der Waals surface area contributed by atoms with Crippen molar-refractivity contribution >= 4 is 17.5 Å². The van der Waals surface area contributed by atoms with E-state index in [0.717, 1.165) is 23.1 Å². The highest BCUT2D eigenvalue weighted by Crippen LogP contribution is 2.16. The monoisotopic (exact) mass is 326 g/mol. The van der Waals surface area contributed by atoms with Gasteiger partial charge in [-0.05, 0) is 42.2 Å². The van der Waals surface area contributed by atoms with Crippen LogP contribution in [0.1, 0.15) is 29.7 Å². The second kappa shape index (κ2) is 8.26. The molecule has 2 aromatic carbocycles. The minimum absolute atomic E-state index is 0.0217. The van der Waals surface area contributed by atoms with E-state index in [1.54, 1.807) is 12.1 Å². The molecule has 0 aliphatic rings. The Morgan fingerprint density at radius 1 is 1.08 bits per heavy atom. The molecule has 24 heavy (non-hydrogen) atoms. The van der Waals surface area contributed by atoms with Crippen LogP contribution in [0.5, 0.6) is 0 Å². The zero-order valence-corrected chi connectivity index (χ0v) is 13.9. The van der Waals surface area contributed by atoms with E-state index in [-0.39, 0.29) is 6.54 Å². The van der Waals surface area contributed by atoms with Gasteiger partial charge >= 0.3 is 11.8 Å². The van der Waals surface area contributed by atoms with Crippen molar-refractivity contribution in [3.8, 4) is 0 Å². The van der Waals surface area contributed by atoms with Crippen LogP contribution in [0.3, 0.4) is 0 Å². The van der Waals surface area contributed by atoms with Crippen molar-refractivity contribution < 1.29 is 14.7 Å². The standard InChI is InChI=1S/C19H22N2O3/c1-3-14-8-6-9-15(11-14)21-19(24)18(23)20-12-17(22)16-10-5-4-7-13(16)2/h4-11,17,22H,3,12H2,1-2H3,(H,20,23)(H,21,24)/t17-/m1/s1. The van der Waals surface area contributed by atoms with Crippen LogP contribution in [0.2, 0.25) is 0 Å². The van der Waals surface area contributed by atoms with Gasteiger partial charge in [-0.1, -0.05) is 43.3 Å². The van der Waals surface area contributed by atoms with Gasteiger partial charge in [0.15, 0.2) is 0 Å². The average molecular weight is 326 g/mol. The van der Waals surface area contributed by atoms with Crippen molar-refractivity contribution in [2.24, 2.45) is 0 Å². The number of aliphatic hydroxyl groups is 1. The number of hydrogen-bond acceptors (Lipinski definition) is 3. The lowest BCUT2D eigenvalue weighted by molar-refractivity contribution is -0.136. The smallest absolute Gasteiger partial charge is 0.313 e. The molecule has 3 N–H and O–H groups in total. The first-order valence-electron chi connectivity index (χ1n) is 7.93. The third kappa shape index (κ3) is 4.67. The molecule has 2 rings (SSSR count). The van der Waals surface area contributed by atoms with Gasteiger partial charge in [-0.15, -0.1) is 0 Å². The third-order valence-corrected chi connectivity index (χ3v) is 3.80. The van der Waals surface area contributed by atoms with E-state index in [9.17, 15) is 14.7 Å². The summed E-state index contributed by atoms with van der Waals surface area (Å²) in [5, 5.41) is 15.2. The van der Waals surface area contributed by atoms with Crippen LogP contribution in [0.4, 0.5) is 5.69 Å². The molecule has 5 heteroatoms. The van der Waals surface area contributed by atoms with Gasteiger partial charge in [0.05, 0.1) is 6.10 Å². The minimum atomic E-state index is -0.855. The van der Waals surface area contributed by atoms with Crippen molar-refractivity contribution in [3.05, 3.63) is 65.2 Å². The van der Waals surface area contributed by atoms with Gasteiger partial charge < -0.3 is 15.7 Å². The Bertz CT molecular complexity index is 728. The zero-order valence-electron chi connectivity index (χ0n) is 13.9. The van der Waals surface area contributed by atoms with E-state index in [1.807, 2.05) is 50.2 Å². The summed E-state index contributed by atoms with van der Waals surface area (Å²) < 4.78 is 0. The van der Waals surface area contributed by atoms with Crippen LogP contribution in [0.15, 0.2) is 48.5 Å². The molecule has 0 unspecified atom stereocenters. The number of amides is 2. The topological polar surface area (TPSA) is 78.4 Å². The minimum Gasteiger partial charge on any atom is -0.387 e. The lowest BCUT2D eigenvalue weighted by atomic mass is 10.0. The SMILES string of the molecule is CCc1cccc(NC(=O)C(=O)NC[C@@H](O)c2ccccc2C)c1. The number of carbonyl (C=O) groups is 2. The Labute approximate surface area is 141 Å². The molecule has 0 heterocycles. The van der Waals surface area contributed by atoms with Crippen LogP contribution in [0, 0.1) is 6.92 Å². The molecule has 0 aliphatic heterocycles. The predicted molar refractivity (Wildman–Crippen MR) is 93.6 cm³/mol. The summed E-state index contributed by atoms with van der Waals surface area (Å²) >= 11 is 0. The molecular formula is C19H22N2O3. The third-order valence-electron chi connectivity index (χ3n) is 3.80. The fraction of sp³-hybridized carbons (Fsp3) is 0.263. The largest absolute Gasteiger partial charge is 0.387 e. The van der Waals surface area contributed by atoms with E-state index >= 15 is 0 Å². The summed E-state index contributed by atoms with van der Waals surface area (Å²) in [4.78, 5) is 23.8. The van der Waals surface area contributed by atoms with Gasteiger partial charge in [-0.25, -0.2) is 0 Å². The van der Waals surface area contributed by atoms with Gasteiger partial charge in [0.25, 0.3) is 0 Å². The maximum Gasteiger partial charge on any atom is 0.313 e. The molecular weight excluding hydrogens is 304 g/mol. The fourth-order valence-corrected chi connectivity index (χ4v) is 2.40. The number of aliphatic hydroxyl groups excluding tert-OH is 1. The number of rotatable bonds is 5. The van der Waals surface area contributed by atoms with Crippen LogP contribution < -0.4 is 10.6 Å². The van der Waals surface area contributed by atoms with E-state index in [1.165, 1.54) is 0 Å². The summed E-state index contributed by atoms with van der Waals surface area (Å²) in [6, 6.07) is 14.7. The summed E-state index contributed by atoms with van der Waals surface area (Å²) in [6.07, 6.45) is -0.00945. The average Bonchev–Trinajstić information content (AvgIpc) is 2.59. The Morgan fingerprint density at radius 2 is 1.83 bits per heavy atom. The normalized spacial score (nSPS) is 11.6. The molecule has 0 radical (unpaired) electrons. The molecule has 0 aliphatic carbocycles. The summed E-state index contributed by atoms with van der Waals surface area (Å²) in [6.45, 7) is 3.88. The van der Waals surface area contributed by atoms with E-state index in [0.29, 0.717) is 5.69 Å². The van der Waals surface area contributed by atoms with Crippen LogP contribution in [-0.2, 0) is 16.0 Å². The van der Waals surface area contributed by atoms with E-state index < -0.39 is 17.9 Å². The van der Waals surface area contributed by atoms with Crippen molar-refractivity contribution in [2.75, 3.05) is 11.9 Å². The summed E-state index contributed by atoms with van der Waals surface area (Å²) in [7, 11) is 0.